The molecule has 5 rings (SSSR count). The van der Waals surface area contributed by atoms with Gasteiger partial charge in [0.2, 0.25) is 0 Å². The van der Waals surface area contributed by atoms with E-state index in [0.717, 1.165) is 67.3 Å². The minimum Gasteiger partial charge on any atom is -0.497 e. The molecule has 2 aromatic heterocycles. The third-order valence-corrected chi connectivity index (χ3v) is 7.15. The Morgan fingerprint density at radius 1 is 1.03 bits per heavy atom. The number of fused-ring (bicyclic) bond motifs is 1. The molecule has 0 unspecified atom stereocenters. The molecule has 0 aliphatic carbocycles. The summed E-state index contributed by atoms with van der Waals surface area (Å²) in [6.45, 7) is 11.7. The molecule has 4 heterocycles. The number of aromatic nitrogens is 2. The highest BCUT2D eigenvalue weighted by atomic mass is 16.5. The summed E-state index contributed by atoms with van der Waals surface area (Å²) >= 11 is 0. The first-order valence-electron chi connectivity index (χ1n) is 11.9. The summed E-state index contributed by atoms with van der Waals surface area (Å²) in [5.41, 5.74) is 3.86. The lowest BCUT2D eigenvalue weighted by Gasteiger charge is -2.49. The lowest BCUT2D eigenvalue weighted by Crippen LogP contribution is -2.63. The van der Waals surface area contributed by atoms with Crippen LogP contribution in [-0.2, 0) is 6.54 Å². The van der Waals surface area contributed by atoms with Gasteiger partial charge in [-0.25, -0.2) is 0 Å². The molecule has 2 fully saturated rings. The molecule has 2 saturated heterocycles. The van der Waals surface area contributed by atoms with Crippen LogP contribution in [0.2, 0.25) is 0 Å². The van der Waals surface area contributed by atoms with Gasteiger partial charge in [-0.1, -0.05) is 12.1 Å². The highest BCUT2D eigenvalue weighted by molar-refractivity contribution is 5.78. The number of hydrogen-bond donors (Lipinski definition) is 0. The summed E-state index contributed by atoms with van der Waals surface area (Å²) in [5.74, 6) is 0.811. The molecule has 2 aliphatic heterocycles. The fourth-order valence-corrected chi connectivity index (χ4v) is 4.92. The number of hydrogen-bond acceptors (Lipinski definition) is 6. The zero-order valence-corrected chi connectivity index (χ0v) is 19.8. The van der Waals surface area contributed by atoms with E-state index >= 15 is 0 Å². The van der Waals surface area contributed by atoms with Gasteiger partial charge in [0.1, 0.15) is 5.75 Å². The smallest absolute Gasteiger partial charge is 0.251 e. The Morgan fingerprint density at radius 3 is 2.42 bits per heavy atom. The van der Waals surface area contributed by atoms with Crippen molar-refractivity contribution < 1.29 is 4.74 Å². The fraction of sp³-hybridized carbons (Fsp3) is 0.462. The molecule has 0 N–H and O–H groups in total. The fourth-order valence-electron chi connectivity index (χ4n) is 4.92. The van der Waals surface area contributed by atoms with Crippen LogP contribution in [0.1, 0.15) is 19.4 Å². The van der Waals surface area contributed by atoms with E-state index < -0.39 is 0 Å². The Labute approximate surface area is 195 Å². The molecule has 1 aromatic carbocycles. The van der Waals surface area contributed by atoms with Crippen LogP contribution in [0, 0.1) is 0 Å². The molecule has 0 spiro atoms. The first-order valence-corrected chi connectivity index (χ1v) is 11.9. The molecule has 33 heavy (non-hydrogen) atoms. The Bertz CT molecular complexity index is 1160. The van der Waals surface area contributed by atoms with E-state index in [1.165, 1.54) is 0 Å². The number of pyridine rings is 2. The van der Waals surface area contributed by atoms with E-state index in [1.807, 2.05) is 41.1 Å². The molecule has 3 aromatic rings. The number of piperazine rings is 1. The second-order valence-corrected chi connectivity index (χ2v) is 9.43. The summed E-state index contributed by atoms with van der Waals surface area (Å²) in [5, 5.41) is 0. The average Bonchev–Trinajstić information content (AvgIpc) is 2.81. The maximum atomic E-state index is 12.7. The van der Waals surface area contributed by atoms with Gasteiger partial charge in [-0.05, 0) is 43.7 Å². The van der Waals surface area contributed by atoms with Gasteiger partial charge in [0, 0.05) is 57.4 Å². The number of benzene rings is 1. The van der Waals surface area contributed by atoms with Crippen LogP contribution in [0.25, 0.3) is 11.0 Å². The molecular formula is C26H33N5O2. The van der Waals surface area contributed by atoms with Gasteiger partial charge in [-0.15, -0.1) is 0 Å². The van der Waals surface area contributed by atoms with E-state index in [2.05, 4.69) is 39.6 Å². The van der Waals surface area contributed by atoms with Crippen molar-refractivity contribution in [3.05, 3.63) is 64.6 Å². The maximum Gasteiger partial charge on any atom is 0.251 e. The monoisotopic (exact) mass is 447 g/mol. The molecule has 7 nitrogen and oxygen atoms in total. The van der Waals surface area contributed by atoms with E-state index in [1.54, 1.807) is 13.2 Å². The van der Waals surface area contributed by atoms with Crippen LogP contribution in [0.15, 0.2) is 53.5 Å². The standard InChI is InChI=1S/C26H33N5O2/c1-19(2)28-10-12-29(13-11-28)22-17-30(18-22)21-14-25-24(27-15-21)8-9-26(32)31(25)16-20-4-6-23(33-3)7-5-20/h4-9,14-15,19,22H,10-13,16-18H2,1-3H3. The van der Waals surface area contributed by atoms with Crippen LogP contribution in [0.4, 0.5) is 5.69 Å². The molecule has 7 heteroatoms. The van der Waals surface area contributed by atoms with Gasteiger partial charge in [0.05, 0.1) is 36.6 Å². The van der Waals surface area contributed by atoms with Gasteiger partial charge in [-0.2, -0.15) is 0 Å². The van der Waals surface area contributed by atoms with Gasteiger partial charge in [0.25, 0.3) is 5.56 Å². The van der Waals surface area contributed by atoms with Crippen molar-refractivity contribution in [2.24, 2.45) is 0 Å². The van der Waals surface area contributed by atoms with E-state index in [4.69, 9.17) is 4.74 Å². The van der Waals surface area contributed by atoms with Crippen LogP contribution in [0.3, 0.4) is 0 Å². The summed E-state index contributed by atoms with van der Waals surface area (Å²) in [6.07, 6.45) is 1.94. The van der Waals surface area contributed by atoms with Crippen molar-refractivity contribution in [2.75, 3.05) is 51.3 Å². The van der Waals surface area contributed by atoms with Crippen molar-refractivity contribution in [2.45, 2.75) is 32.5 Å². The minimum absolute atomic E-state index is 0.0122. The first-order chi connectivity index (χ1) is 16.0. The number of anilines is 1. The SMILES string of the molecule is COc1ccc(Cn2c(=O)ccc3ncc(N4CC(N5CCN(C(C)C)CC5)C4)cc32)cc1. The summed E-state index contributed by atoms with van der Waals surface area (Å²) in [6, 6.07) is 14.6. The van der Waals surface area contributed by atoms with Crippen molar-refractivity contribution >= 4 is 16.7 Å². The third kappa shape index (κ3) is 4.48. The average molecular weight is 448 g/mol. The van der Waals surface area contributed by atoms with Crippen LogP contribution >= 0.6 is 0 Å². The molecule has 0 bridgehead atoms. The van der Waals surface area contributed by atoms with E-state index in [9.17, 15) is 4.79 Å². The number of ether oxygens (including phenoxy) is 1. The van der Waals surface area contributed by atoms with Gasteiger partial charge < -0.3 is 14.2 Å². The Hall–Kier alpha value is -2.90. The quantitative estimate of drug-likeness (QED) is 0.579. The Kier molecular flexibility index (Phi) is 6.08. The highest BCUT2D eigenvalue weighted by Crippen LogP contribution is 2.27. The number of rotatable bonds is 6. The molecule has 2 aliphatic rings. The van der Waals surface area contributed by atoms with Gasteiger partial charge >= 0.3 is 0 Å². The number of nitrogens with zero attached hydrogens (tertiary/aromatic N) is 5. The second-order valence-electron chi connectivity index (χ2n) is 9.43. The zero-order valence-electron chi connectivity index (χ0n) is 19.8. The van der Waals surface area contributed by atoms with Crippen LogP contribution < -0.4 is 15.2 Å². The predicted molar refractivity (Wildman–Crippen MR) is 132 cm³/mol. The molecule has 0 saturated carbocycles. The minimum atomic E-state index is -0.0122. The zero-order chi connectivity index (χ0) is 22.9. The van der Waals surface area contributed by atoms with Crippen molar-refractivity contribution in [3.63, 3.8) is 0 Å². The molecule has 0 atom stereocenters. The van der Waals surface area contributed by atoms with E-state index in [0.29, 0.717) is 18.6 Å². The number of methoxy groups -OCH3 is 1. The van der Waals surface area contributed by atoms with Crippen molar-refractivity contribution in [1.29, 1.82) is 0 Å². The Balaban J connectivity index is 1.31. The second kappa shape index (κ2) is 9.15. The summed E-state index contributed by atoms with van der Waals surface area (Å²) in [4.78, 5) is 25.0. The topological polar surface area (TPSA) is 53.8 Å². The molecule has 0 amide bonds. The van der Waals surface area contributed by atoms with Gasteiger partial charge in [-0.3, -0.25) is 19.6 Å². The first kappa shape index (κ1) is 21.9. The van der Waals surface area contributed by atoms with E-state index in [-0.39, 0.29) is 5.56 Å². The normalized spacial score (nSPS) is 18.1. The van der Waals surface area contributed by atoms with Gasteiger partial charge in [0.15, 0.2) is 0 Å². The highest BCUT2D eigenvalue weighted by Gasteiger charge is 2.34. The lowest BCUT2D eigenvalue weighted by molar-refractivity contribution is 0.0678. The molecular weight excluding hydrogens is 414 g/mol. The van der Waals surface area contributed by atoms with Crippen LogP contribution in [-0.4, -0.2) is 77.8 Å². The Morgan fingerprint density at radius 2 is 1.76 bits per heavy atom. The summed E-state index contributed by atoms with van der Waals surface area (Å²) < 4.78 is 7.07. The summed E-state index contributed by atoms with van der Waals surface area (Å²) in [7, 11) is 1.66. The van der Waals surface area contributed by atoms with Crippen LogP contribution in [0.5, 0.6) is 5.75 Å². The lowest BCUT2D eigenvalue weighted by atomic mass is 10.0. The largest absolute Gasteiger partial charge is 0.497 e. The maximum absolute atomic E-state index is 12.7. The molecule has 0 radical (unpaired) electrons. The predicted octanol–water partition coefficient (Wildman–Crippen LogP) is 2.67. The van der Waals surface area contributed by atoms with Crippen molar-refractivity contribution in [3.8, 4) is 5.75 Å². The third-order valence-electron chi connectivity index (χ3n) is 7.15. The molecule has 174 valence electrons. The van der Waals surface area contributed by atoms with Crippen molar-refractivity contribution in [1.82, 2.24) is 19.4 Å².